The molecule has 10 heteroatoms. The van der Waals surface area contributed by atoms with Crippen LogP contribution in [0.3, 0.4) is 0 Å². The normalized spacial score (nSPS) is 10.9. The molecule has 0 saturated carbocycles. The monoisotopic (exact) mass is 458 g/mol. The van der Waals surface area contributed by atoms with Gasteiger partial charge in [0.25, 0.3) is 5.91 Å². The first kappa shape index (κ1) is 21.1. The highest BCUT2D eigenvalue weighted by Crippen LogP contribution is 2.27. The molecule has 0 spiro atoms. The summed E-state index contributed by atoms with van der Waals surface area (Å²) in [7, 11) is 0. The molecule has 2 aromatic heterocycles. The number of carbonyl (C=O) groups is 1. The van der Waals surface area contributed by atoms with E-state index in [0.29, 0.717) is 16.7 Å². The van der Waals surface area contributed by atoms with Crippen molar-refractivity contribution >= 4 is 22.5 Å². The van der Waals surface area contributed by atoms with E-state index in [1.54, 1.807) is 29.2 Å². The third kappa shape index (κ3) is 4.29. The first-order chi connectivity index (χ1) is 16.6. The molecule has 5 aromatic rings. The molecule has 2 heterocycles. The van der Waals surface area contributed by atoms with E-state index in [4.69, 9.17) is 4.74 Å². The molecule has 8 nitrogen and oxygen atoms in total. The fourth-order valence-corrected chi connectivity index (χ4v) is 3.32. The van der Waals surface area contributed by atoms with Gasteiger partial charge in [0.2, 0.25) is 5.88 Å². The Bertz CT molecular complexity index is 1450. The number of para-hydroxylation sites is 2. The largest absolute Gasteiger partial charge is 0.467 e. The number of aromatic nitrogens is 5. The summed E-state index contributed by atoms with van der Waals surface area (Å²) in [5, 5.41) is 6.88. The predicted molar refractivity (Wildman–Crippen MR) is 120 cm³/mol. The first-order valence-corrected chi connectivity index (χ1v) is 10.2. The lowest BCUT2D eigenvalue weighted by molar-refractivity contribution is -0.118. The number of carbonyl (C=O) groups excluding carboxylic acids is 1. The molecule has 0 bridgehead atoms. The molecular formula is C24H16F2N6O2. The van der Waals surface area contributed by atoms with Crippen molar-refractivity contribution in [3.05, 3.63) is 91.0 Å². The third-order valence-corrected chi connectivity index (χ3v) is 4.94. The molecule has 34 heavy (non-hydrogen) atoms. The van der Waals surface area contributed by atoms with E-state index < -0.39 is 29.8 Å². The Morgan fingerprint density at radius 2 is 1.71 bits per heavy atom. The zero-order chi connectivity index (χ0) is 23.5. The van der Waals surface area contributed by atoms with Gasteiger partial charge >= 0.3 is 0 Å². The lowest BCUT2D eigenvalue weighted by atomic mass is 10.1. The summed E-state index contributed by atoms with van der Waals surface area (Å²) >= 11 is 0. The standard InChI is InChI=1S/C24H16F2N6O2/c25-18-5-3-6-19(26)22(18)30-21(33)12-34-24-17-4-1-2-7-20(17)29-23(31-24)15-8-10-16(11-9-15)32-14-27-13-28-32/h1-11,13-14H,12H2,(H,30,33). The van der Waals surface area contributed by atoms with Crippen LogP contribution >= 0.6 is 0 Å². The number of benzene rings is 3. The highest BCUT2D eigenvalue weighted by Gasteiger charge is 2.15. The SMILES string of the molecule is O=C(COc1nc(-c2ccc(-n3cncn3)cc2)nc2ccccc12)Nc1c(F)cccc1F. The van der Waals surface area contributed by atoms with E-state index in [1.165, 1.54) is 12.4 Å². The Morgan fingerprint density at radius 1 is 0.941 bits per heavy atom. The summed E-state index contributed by atoms with van der Waals surface area (Å²) in [6, 6.07) is 17.8. The maximum Gasteiger partial charge on any atom is 0.262 e. The molecule has 1 N–H and O–H groups in total. The summed E-state index contributed by atoms with van der Waals surface area (Å²) in [5.74, 6) is -1.93. The van der Waals surface area contributed by atoms with Crippen molar-refractivity contribution in [1.82, 2.24) is 24.7 Å². The van der Waals surface area contributed by atoms with Crippen molar-refractivity contribution in [3.63, 3.8) is 0 Å². The molecule has 0 unspecified atom stereocenters. The summed E-state index contributed by atoms with van der Waals surface area (Å²) in [6.07, 6.45) is 3.03. The van der Waals surface area contributed by atoms with Gasteiger partial charge in [-0.3, -0.25) is 4.79 Å². The van der Waals surface area contributed by atoms with Gasteiger partial charge in [-0.25, -0.2) is 23.4 Å². The lowest BCUT2D eigenvalue weighted by Gasteiger charge is -2.11. The van der Waals surface area contributed by atoms with Crippen molar-refractivity contribution in [1.29, 1.82) is 0 Å². The van der Waals surface area contributed by atoms with Gasteiger partial charge in [0.05, 0.1) is 16.6 Å². The van der Waals surface area contributed by atoms with Gasteiger partial charge in [-0.1, -0.05) is 18.2 Å². The Labute approximate surface area is 191 Å². The quantitative estimate of drug-likeness (QED) is 0.410. The molecule has 0 saturated heterocycles. The molecule has 168 valence electrons. The van der Waals surface area contributed by atoms with E-state index in [-0.39, 0.29) is 5.88 Å². The van der Waals surface area contributed by atoms with Gasteiger partial charge in [-0.2, -0.15) is 10.1 Å². The topological polar surface area (TPSA) is 94.8 Å². The highest BCUT2D eigenvalue weighted by atomic mass is 19.1. The predicted octanol–water partition coefficient (Wildman–Crippen LogP) is 4.17. The Balaban J connectivity index is 1.40. The van der Waals surface area contributed by atoms with Crippen LogP contribution in [0.1, 0.15) is 0 Å². The van der Waals surface area contributed by atoms with Crippen molar-refractivity contribution in [3.8, 4) is 23.0 Å². The van der Waals surface area contributed by atoms with Gasteiger partial charge in [-0.15, -0.1) is 0 Å². The van der Waals surface area contributed by atoms with Crippen LogP contribution < -0.4 is 10.1 Å². The van der Waals surface area contributed by atoms with E-state index in [2.05, 4.69) is 25.4 Å². The molecular weight excluding hydrogens is 442 g/mol. The molecule has 0 fully saturated rings. The zero-order valence-corrected chi connectivity index (χ0v) is 17.5. The van der Waals surface area contributed by atoms with Crippen LogP contribution in [-0.2, 0) is 4.79 Å². The van der Waals surface area contributed by atoms with Gasteiger partial charge in [0.15, 0.2) is 12.4 Å². The van der Waals surface area contributed by atoms with Gasteiger partial charge in [0, 0.05) is 5.56 Å². The summed E-state index contributed by atoms with van der Waals surface area (Å²) < 4.78 is 34.9. The van der Waals surface area contributed by atoms with Crippen LogP contribution in [-0.4, -0.2) is 37.2 Å². The molecule has 0 atom stereocenters. The molecule has 0 aliphatic heterocycles. The second kappa shape index (κ2) is 9.02. The van der Waals surface area contributed by atoms with Crippen molar-refractivity contribution < 1.29 is 18.3 Å². The maximum atomic E-state index is 13.8. The fraction of sp³-hybridized carbons (Fsp3) is 0.0417. The average molecular weight is 458 g/mol. The fourth-order valence-electron chi connectivity index (χ4n) is 3.32. The minimum Gasteiger partial charge on any atom is -0.467 e. The number of fused-ring (bicyclic) bond motifs is 1. The highest BCUT2D eigenvalue weighted by molar-refractivity contribution is 5.92. The van der Waals surface area contributed by atoms with E-state index in [0.717, 1.165) is 23.4 Å². The molecule has 3 aromatic carbocycles. The number of rotatable bonds is 6. The van der Waals surface area contributed by atoms with E-state index in [9.17, 15) is 13.6 Å². The average Bonchev–Trinajstić information content (AvgIpc) is 3.40. The number of amides is 1. The van der Waals surface area contributed by atoms with Crippen LogP contribution in [0.5, 0.6) is 5.88 Å². The number of hydrogen-bond donors (Lipinski definition) is 1. The number of hydrogen-bond acceptors (Lipinski definition) is 6. The Kier molecular flexibility index (Phi) is 5.61. The number of anilines is 1. The van der Waals surface area contributed by atoms with Crippen LogP contribution in [0, 0.1) is 11.6 Å². The Hall–Kier alpha value is -4.73. The number of nitrogens with zero attached hydrogens (tertiary/aromatic N) is 5. The molecule has 0 radical (unpaired) electrons. The van der Waals surface area contributed by atoms with Crippen molar-refractivity contribution in [2.45, 2.75) is 0 Å². The summed E-state index contributed by atoms with van der Waals surface area (Å²) in [5.41, 5.74) is 1.62. The Morgan fingerprint density at radius 3 is 2.44 bits per heavy atom. The maximum absolute atomic E-state index is 13.8. The van der Waals surface area contributed by atoms with Crippen LogP contribution in [0.15, 0.2) is 79.4 Å². The molecule has 0 aliphatic rings. The number of halogens is 2. The van der Waals surface area contributed by atoms with Crippen molar-refractivity contribution in [2.24, 2.45) is 0 Å². The van der Waals surface area contributed by atoms with Gasteiger partial charge < -0.3 is 10.1 Å². The molecule has 1 amide bonds. The third-order valence-electron chi connectivity index (χ3n) is 4.94. The molecule has 5 rings (SSSR count). The van der Waals surface area contributed by atoms with E-state index in [1.807, 2.05) is 30.3 Å². The van der Waals surface area contributed by atoms with Gasteiger partial charge in [0.1, 0.15) is 30.0 Å². The molecule has 0 aliphatic carbocycles. The number of ether oxygens (including phenoxy) is 1. The minimum absolute atomic E-state index is 0.171. The summed E-state index contributed by atoms with van der Waals surface area (Å²) in [6.45, 7) is -0.501. The van der Waals surface area contributed by atoms with Crippen LogP contribution in [0.2, 0.25) is 0 Å². The van der Waals surface area contributed by atoms with Crippen molar-refractivity contribution in [2.75, 3.05) is 11.9 Å². The zero-order valence-electron chi connectivity index (χ0n) is 17.5. The summed E-state index contributed by atoms with van der Waals surface area (Å²) in [4.78, 5) is 25.3. The van der Waals surface area contributed by atoms with Crippen LogP contribution in [0.4, 0.5) is 14.5 Å². The number of nitrogens with one attached hydrogen (secondary N) is 1. The van der Waals surface area contributed by atoms with Gasteiger partial charge in [-0.05, 0) is 48.5 Å². The second-order valence-corrected chi connectivity index (χ2v) is 7.19. The van der Waals surface area contributed by atoms with E-state index >= 15 is 0 Å². The first-order valence-electron chi connectivity index (χ1n) is 10.2. The smallest absolute Gasteiger partial charge is 0.262 e. The lowest BCUT2D eigenvalue weighted by Crippen LogP contribution is -2.22. The van der Waals surface area contributed by atoms with Crippen LogP contribution in [0.25, 0.3) is 28.0 Å². The second-order valence-electron chi connectivity index (χ2n) is 7.19. The minimum atomic E-state index is -0.877.